The number of nitrogens with zero attached hydrogens (tertiary/aromatic N) is 2. The Labute approximate surface area is 150 Å². The number of guanidine groups is 1. The van der Waals surface area contributed by atoms with E-state index in [1.165, 1.54) is 12.8 Å². The molecule has 25 heavy (non-hydrogen) atoms. The summed E-state index contributed by atoms with van der Waals surface area (Å²) < 4.78 is 5.63. The number of likely N-dealkylation sites (tertiary alicyclic amines) is 1. The second-order valence-corrected chi connectivity index (χ2v) is 6.25. The zero-order valence-corrected chi connectivity index (χ0v) is 15.4. The van der Waals surface area contributed by atoms with E-state index in [0.29, 0.717) is 18.9 Å². The molecule has 1 aliphatic rings. The molecule has 1 aromatic rings. The lowest BCUT2D eigenvalue weighted by molar-refractivity contribution is -0.120. The fourth-order valence-electron chi connectivity index (χ4n) is 3.00. The Kier molecular flexibility index (Phi) is 8.31. The molecule has 0 aromatic carbocycles. The Balaban J connectivity index is 1.78. The van der Waals surface area contributed by atoms with Gasteiger partial charge in [-0.05, 0) is 44.5 Å². The SMILES string of the molecule is CCCNC(=O)CCNC(=NC)NCC(c1ccco1)N1CCCC1. The van der Waals surface area contributed by atoms with Crippen LogP contribution in [0.4, 0.5) is 0 Å². The number of carbonyl (C=O) groups excluding carboxylic acids is 1. The molecule has 0 radical (unpaired) electrons. The predicted octanol–water partition coefficient (Wildman–Crippen LogP) is 1.50. The van der Waals surface area contributed by atoms with Gasteiger partial charge in [0.15, 0.2) is 5.96 Å². The molecule has 1 amide bonds. The molecule has 2 rings (SSSR count). The minimum absolute atomic E-state index is 0.0651. The lowest BCUT2D eigenvalue weighted by Crippen LogP contribution is -2.43. The Morgan fingerprint density at radius 2 is 2.08 bits per heavy atom. The number of carbonyl (C=O) groups is 1. The second-order valence-electron chi connectivity index (χ2n) is 6.25. The van der Waals surface area contributed by atoms with E-state index < -0.39 is 0 Å². The van der Waals surface area contributed by atoms with Gasteiger partial charge in [-0.25, -0.2) is 0 Å². The van der Waals surface area contributed by atoms with E-state index in [0.717, 1.165) is 38.4 Å². The molecule has 7 heteroatoms. The first-order chi connectivity index (χ1) is 12.2. The summed E-state index contributed by atoms with van der Waals surface area (Å²) in [6.07, 6.45) is 5.58. The van der Waals surface area contributed by atoms with Crippen molar-refractivity contribution in [1.82, 2.24) is 20.9 Å². The van der Waals surface area contributed by atoms with E-state index >= 15 is 0 Å². The highest BCUT2D eigenvalue weighted by molar-refractivity contribution is 5.81. The summed E-state index contributed by atoms with van der Waals surface area (Å²) in [6, 6.07) is 4.16. The molecule has 140 valence electrons. The van der Waals surface area contributed by atoms with Crippen molar-refractivity contribution in [2.75, 3.05) is 39.8 Å². The maximum absolute atomic E-state index is 11.6. The molecule has 1 unspecified atom stereocenters. The topological polar surface area (TPSA) is 81.9 Å². The highest BCUT2D eigenvalue weighted by Crippen LogP contribution is 2.24. The van der Waals surface area contributed by atoms with Crippen molar-refractivity contribution in [2.45, 2.75) is 38.6 Å². The van der Waals surface area contributed by atoms with Crippen LogP contribution in [0.25, 0.3) is 0 Å². The maximum Gasteiger partial charge on any atom is 0.221 e. The van der Waals surface area contributed by atoms with Gasteiger partial charge in [-0.15, -0.1) is 0 Å². The van der Waals surface area contributed by atoms with Crippen LogP contribution in [0, 0.1) is 0 Å². The van der Waals surface area contributed by atoms with E-state index in [1.807, 2.05) is 19.1 Å². The van der Waals surface area contributed by atoms with Gasteiger partial charge in [0.25, 0.3) is 0 Å². The van der Waals surface area contributed by atoms with Crippen molar-refractivity contribution in [3.63, 3.8) is 0 Å². The minimum Gasteiger partial charge on any atom is -0.468 e. The van der Waals surface area contributed by atoms with Crippen LogP contribution in [0.5, 0.6) is 0 Å². The summed E-state index contributed by atoms with van der Waals surface area (Å²) in [6.45, 7) is 6.24. The van der Waals surface area contributed by atoms with Gasteiger partial charge in [0.1, 0.15) is 5.76 Å². The molecule has 1 atom stereocenters. The average Bonchev–Trinajstić information content (AvgIpc) is 3.33. The van der Waals surface area contributed by atoms with Crippen LogP contribution in [0.15, 0.2) is 27.8 Å². The normalized spacial score (nSPS) is 16.6. The first-order valence-corrected chi connectivity index (χ1v) is 9.23. The molecule has 1 saturated heterocycles. The first kappa shape index (κ1) is 19.3. The number of hydrogen-bond donors (Lipinski definition) is 3. The summed E-state index contributed by atoms with van der Waals surface area (Å²) in [7, 11) is 1.74. The lowest BCUT2D eigenvalue weighted by Gasteiger charge is -2.26. The molecule has 7 nitrogen and oxygen atoms in total. The molecular formula is C18H31N5O2. The summed E-state index contributed by atoms with van der Waals surface area (Å²) >= 11 is 0. The predicted molar refractivity (Wildman–Crippen MR) is 99.5 cm³/mol. The van der Waals surface area contributed by atoms with Crippen LogP contribution in [0.2, 0.25) is 0 Å². The van der Waals surface area contributed by atoms with Crippen molar-refractivity contribution in [3.8, 4) is 0 Å². The largest absolute Gasteiger partial charge is 0.468 e. The zero-order valence-electron chi connectivity index (χ0n) is 15.4. The Hall–Kier alpha value is -2.02. The van der Waals surface area contributed by atoms with Crippen molar-refractivity contribution in [1.29, 1.82) is 0 Å². The average molecular weight is 349 g/mol. The molecule has 2 heterocycles. The van der Waals surface area contributed by atoms with Crippen LogP contribution in [-0.2, 0) is 4.79 Å². The van der Waals surface area contributed by atoms with Crippen molar-refractivity contribution in [2.24, 2.45) is 4.99 Å². The number of aliphatic imine (C=N–C) groups is 1. The molecule has 1 fully saturated rings. The van der Waals surface area contributed by atoms with E-state index in [1.54, 1.807) is 13.3 Å². The minimum atomic E-state index is 0.0651. The van der Waals surface area contributed by atoms with Gasteiger partial charge < -0.3 is 20.4 Å². The number of amides is 1. The van der Waals surface area contributed by atoms with Gasteiger partial charge in [0.05, 0.1) is 12.3 Å². The smallest absolute Gasteiger partial charge is 0.221 e. The quantitative estimate of drug-likeness (QED) is 0.465. The summed E-state index contributed by atoms with van der Waals surface area (Å²) in [5.74, 6) is 1.75. The van der Waals surface area contributed by atoms with Gasteiger partial charge in [-0.1, -0.05) is 6.92 Å². The fraction of sp³-hybridized carbons (Fsp3) is 0.667. The third-order valence-electron chi connectivity index (χ3n) is 4.36. The molecular weight excluding hydrogens is 318 g/mol. The third-order valence-corrected chi connectivity index (χ3v) is 4.36. The third kappa shape index (κ3) is 6.42. The van der Waals surface area contributed by atoms with Crippen LogP contribution in [0.1, 0.15) is 44.4 Å². The zero-order chi connectivity index (χ0) is 17.9. The van der Waals surface area contributed by atoms with Crippen molar-refractivity contribution >= 4 is 11.9 Å². The van der Waals surface area contributed by atoms with E-state index in [4.69, 9.17) is 4.42 Å². The fourth-order valence-corrected chi connectivity index (χ4v) is 3.00. The van der Waals surface area contributed by atoms with Crippen LogP contribution in [-0.4, -0.2) is 56.5 Å². The number of hydrogen-bond acceptors (Lipinski definition) is 4. The van der Waals surface area contributed by atoms with Gasteiger partial charge in [0.2, 0.25) is 5.91 Å². The van der Waals surface area contributed by atoms with Crippen molar-refractivity contribution < 1.29 is 9.21 Å². The van der Waals surface area contributed by atoms with Gasteiger partial charge in [-0.3, -0.25) is 14.7 Å². The summed E-state index contributed by atoms with van der Waals surface area (Å²) in [5.41, 5.74) is 0. The highest BCUT2D eigenvalue weighted by Gasteiger charge is 2.25. The Morgan fingerprint density at radius 3 is 2.72 bits per heavy atom. The standard InChI is InChI=1S/C18H31N5O2/c1-3-9-20-17(24)8-10-21-18(19-2)22-14-15(16-7-6-13-25-16)23-11-4-5-12-23/h6-7,13,15H,3-5,8-12,14H2,1-2H3,(H,20,24)(H2,19,21,22). The molecule has 0 saturated carbocycles. The lowest BCUT2D eigenvalue weighted by atomic mass is 10.2. The molecule has 1 aliphatic heterocycles. The maximum atomic E-state index is 11.6. The van der Waals surface area contributed by atoms with Crippen LogP contribution >= 0.6 is 0 Å². The Morgan fingerprint density at radius 1 is 1.28 bits per heavy atom. The van der Waals surface area contributed by atoms with E-state index in [2.05, 4.69) is 25.8 Å². The van der Waals surface area contributed by atoms with E-state index in [-0.39, 0.29) is 11.9 Å². The van der Waals surface area contributed by atoms with Crippen molar-refractivity contribution in [3.05, 3.63) is 24.2 Å². The van der Waals surface area contributed by atoms with Gasteiger partial charge >= 0.3 is 0 Å². The van der Waals surface area contributed by atoms with E-state index in [9.17, 15) is 4.79 Å². The molecule has 0 bridgehead atoms. The van der Waals surface area contributed by atoms with Crippen LogP contribution in [0.3, 0.4) is 0 Å². The molecule has 3 N–H and O–H groups in total. The number of furan rings is 1. The van der Waals surface area contributed by atoms with Crippen LogP contribution < -0.4 is 16.0 Å². The monoisotopic (exact) mass is 349 g/mol. The Bertz CT molecular complexity index is 524. The number of nitrogens with one attached hydrogen (secondary N) is 3. The first-order valence-electron chi connectivity index (χ1n) is 9.23. The summed E-state index contributed by atoms with van der Waals surface area (Å²) in [4.78, 5) is 18.3. The van der Waals surface area contributed by atoms with Gasteiger partial charge in [0, 0.05) is 33.1 Å². The summed E-state index contributed by atoms with van der Waals surface area (Å²) in [5, 5.41) is 9.43. The highest BCUT2D eigenvalue weighted by atomic mass is 16.3. The second kappa shape index (κ2) is 10.8. The molecule has 0 aliphatic carbocycles. The molecule has 1 aromatic heterocycles. The molecule has 0 spiro atoms. The van der Waals surface area contributed by atoms with Gasteiger partial charge in [-0.2, -0.15) is 0 Å². The number of rotatable bonds is 9.